The summed E-state index contributed by atoms with van der Waals surface area (Å²) >= 11 is 12.0. The van der Waals surface area contributed by atoms with Crippen LogP contribution in [0, 0.1) is 0 Å². The molecular formula is C17H18Cl2N2O2. The molecule has 0 N–H and O–H groups in total. The van der Waals surface area contributed by atoms with Gasteiger partial charge in [-0.3, -0.25) is 14.6 Å². The lowest BCUT2D eigenvalue weighted by Crippen LogP contribution is -2.47. The van der Waals surface area contributed by atoms with E-state index < -0.39 is 0 Å². The van der Waals surface area contributed by atoms with Crippen LogP contribution in [0.4, 0.5) is 0 Å². The number of rotatable bonds is 5. The average molecular weight is 353 g/mol. The Balaban J connectivity index is 1.48. The Hall–Kier alpha value is -1.33. The molecule has 3 rings (SSSR count). The largest absolute Gasteiger partial charge is 0.461 e. The average Bonchev–Trinajstić information content (AvgIpc) is 3.07. The third-order valence-electron chi connectivity index (χ3n) is 4.02. The van der Waals surface area contributed by atoms with Gasteiger partial charge in [0.2, 0.25) is 5.78 Å². The van der Waals surface area contributed by atoms with Crippen LogP contribution in [0.1, 0.15) is 16.1 Å². The summed E-state index contributed by atoms with van der Waals surface area (Å²) in [5.74, 6) is 0.469. The smallest absolute Gasteiger partial charge is 0.211 e. The number of hydrogen-bond donors (Lipinski definition) is 0. The molecule has 6 heteroatoms. The highest BCUT2D eigenvalue weighted by atomic mass is 35.5. The number of carbonyl (C=O) groups excluding carboxylic acids is 1. The van der Waals surface area contributed by atoms with E-state index in [2.05, 4.69) is 9.80 Å². The van der Waals surface area contributed by atoms with Gasteiger partial charge in [-0.2, -0.15) is 0 Å². The summed E-state index contributed by atoms with van der Waals surface area (Å²) in [6, 6.07) is 9.19. The molecule has 0 aliphatic carbocycles. The minimum atomic E-state index is 0.0351. The maximum absolute atomic E-state index is 12.0. The van der Waals surface area contributed by atoms with Crippen molar-refractivity contribution in [2.75, 3.05) is 32.7 Å². The monoisotopic (exact) mass is 352 g/mol. The third kappa shape index (κ3) is 4.36. The highest BCUT2D eigenvalue weighted by Crippen LogP contribution is 2.23. The number of hydrogen-bond acceptors (Lipinski definition) is 4. The molecule has 1 aliphatic heterocycles. The zero-order valence-corrected chi connectivity index (χ0v) is 14.2. The summed E-state index contributed by atoms with van der Waals surface area (Å²) in [4.78, 5) is 16.6. The molecule has 2 heterocycles. The first-order valence-electron chi connectivity index (χ1n) is 7.57. The van der Waals surface area contributed by atoms with E-state index in [-0.39, 0.29) is 5.78 Å². The number of furan rings is 1. The lowest BCUT2D eigenvalue weighted by Gasteiger charge is -2.34. The fourth-order valence-corrected chi connectivity index (χ4v) is 3.04. The van der Waals surface area contributed by atoms with Gasteiger partial charge in [-0.15, -0.1) is 0 Å². The van der Waals surface area contributed by atoms with Crippen molar-refractivity contribution >= 4 is 29.0 Å². The molecule has 1 fully saturated rings. The Kier molecular flexibility index (Phi) is 5.38. The zero-order valence-electron chi connectivity index (χ0n) is 12.7. The molecule has 0 saturated carbocycles. The molecule has 2 aromatic rings. The number of nitrogens with zero attached hydrogens (tertiary/aromatic N) is 2. The van der Waals surface area contributed by atoms with Crippen LogP contribution in [0.25, 0.3) is 0 Å². The molecule has 122 valence electrons. The van der Waals surface area contributed by atoms with Crippen LogP contribution in [-0.2, 0) is 6.54 Å². The molecule has 0 atom stereocenters. The van der Waals surface area contributed by atoms with E-state index >= 15 is 0 Å². The summed E-state index contributed by atoms with van der Waals surface area (Å²) in [5, 5.41) is 1.17. The van der Waals surface area contributed by atoms with Crippen molar-refractivity contribution in [2.45, 2.75) is 6.54 Å². The number of ketones is 1. The second-order valence-corrected chi connectivity index (χ2v) is 6.52. The van der Waals surface area contributed by atoms with Crippen molar-refractivity contribution in [3.63, 3.8) is 0 Å². The van der Waals surface area contributed by atoms with Crippen LogP contribution in [0.2, 0.25) is 10.0 Å². The van der Waals surface area contributed by atoms with Gasteiger partial charge in [0.25, 0.3) is 0 Å². The van der Waals surface area contributed by atoms with Crippen LogP contribution >= 0.6 is 23.2 Å². The Bertz CT molecular complexity index is 665. The first-order chi connectivity index (χ1) is 11.1. The lowest BCUT2D eigenvalue weighted by atomic mass is 10.2. The number of Topliss-reactive ketones (excluding diaryl/α,β-unsaturated/α-hetero) is 1. The Morgan fingerprint density at radius 3 is 2.43 bits per heavy atom. The lowest BCUT2D eigenvalue weighted by molar-refractivity contribution is 0.0819. The van der Waals surface area contributed by atoms with Crippen molar-refractivity contribution in [3.05, 3.63) is 58.0 Å². The van der Waals surface area contributed by atoms with Crippen molar-refractivity contribution in [1.29, 1.82) is 0 Å². The number of halogens is 2. The highest BCUT2D eigenvalue weighted by molar-refractivity contribution is 6.42. The van der Waals surface area contributed by atoms with Gasteiger partial charge in [0.1, 0.15) is 0 Å². The van der Waals surface area contributed by atoms with Gasteiger partial charge < -0.3 is 4.42 Å². The van der Waals surface area contributed by atoms with Crippen LogP contribution in [0.15, 0.2) is 41.0 Å². The standard InChI is InChI=1S/C17H18Cl2N2O2/c18-14-4-3-13(10-15(14)19)11-20-5-7-21(8-6-20)12-16(22)17-2-1-9-23-17/h1-4,9-10H,5-8,11-12H2. The normalized spacial score (nSPS) is 16.6. The molecule has 23 heavy (non-hydrogen) atoms. The first-order valence-corrected chi connectivity index (χ1v) is 8.33. The second-order valence-electron chi connectivity index (χ2n) is 5.70. The second kappa shape index (κ2) is 7.49. The molecule has 1 saturated heterocycles. The van der Waals surface area contributed by atoms with Gasteiger partial charge in [0, 0.05) is 32.7 Å². The highest BCUT2D eigenvalue weighted by Gasteiger charge is 2.20. The van der Waals surface area contributed by atoms with Crippen LogP contribution in [-0.4, -0.2) is 48.3 Å². The van der Waals surface area contributed by atoms with Crippen LogP contribution in [0.3, 0.4) is 0 Å². The van der Waals surface area contributed by atoms with E-state index in [1.165, 1.54) is 6.26 Å². The van der Waals surface area contributed by atoms with Gasteiger partial charge in [0.05, 0.1) is 22.9 Å². The molecular weight excluding hydrogens is 335 g/mol. The molecule has 4 nitrogen and oxygen atoms in total. The molecule has 0 bridgehead atoms. The summed E-state index contributed by atoms with van der Waals surface area (Å²) in [7, 11) is 0. The minimum Gasteiger partial charge on any atom is -0.461 e. The summed E-state index contributed by atoms with van der Waals surface area (Å²) in [6.45, 7) is 4.84. The predicted octanol–water partition coefficient (Wildman–Crippen LogP) is 3.59. The summed E-state index contributed by atoms with van der Waals surface area (Å²) < 4.78 is 5.15. The SMILES string of the molecule is O=C(CN1CCN(Cc2ccc(Cl)c(Cl)c2)CC1)c1ccco1. The van der Waals surface area contributed by atoms with Crippen molar-refractivity contribution in [1.82, 2.24) is 9.80 Å². The minimum absolute atomic E-state index is 0.0351. The topological polar surface area (TPSA) is 36.7 Å². The first kappa shape index (κ1) is 16.5. The fourth-order valence-electron chi connectivity index (χ4n) is 2.72. The Morgan fingerprint density at radius 2 is 1.78 bits per heavy atom. The number of benzene rings is 1. The van der Waals surface area contributed by atoms with Crippen molar-refractivity contribution < 1.29 is 9.21 Å². The third-order valence-corrected chi connectivity index (χ3v) is 4.76. The van der Waals surface area contributed by atoms with E-state index in [9.17, 15) is 4.79 Å². The van der Waals surface area contributed by atoms with Gasteiger partial charge in [-0.05, 0) is 29.8 Å². The molecule has 0 amide bonds. The molecule has 0 radical (unpaired) electrons. The molecule has 0 unspecified atom stereocenters. The summed E-state index contributed by atoms with van der Waals surface area (Å²) in [6.07, 6.45) is 1.53. The van der Waals surface area contributed by atoms with Crippen LogP contribution < -0.4 is 0 Å². The van der Waals surface area contributed by atoms with E-state index in [4.69, 9.17) is 27.6 Å². The van der Waals surface area contributed by atoms with E-state index in [0.717, 1.165) is 38.3 Å². The molecule has 0 spiro atoms. The maximum Gasteiger partial charge on any atom is 0.211 e. The Morgan fingerprint density at radius 1 is 1.04 bits per heavy atom. The molecule has 1 aromatic heterocycles. The van der Waals surface area contributed by atoms with Gasteiger partial charge >= 0.3 is 0 Å². The van der Waals surface area contributed by atoms with E-state index in [1.54, 1.807) is 12.1 Å². The molecule has 1 aromatic carbocycles. The zero-order chi connectivity index (χ0) is 16.2. The summed E-state index contributed by atoms with van der Waals surface area (Å²) in [5.41, 5.74) is 1.15. The number of piperazine rings is 1. The maximum atomic E-state index is 12.0. The van der Waals surface area contributed by atoms with Gasteiger partial charge in [-0.25, -0.2) is 0 Å². The van der Waals surface area contributed by atoms with Crippen LogP contribution in [0.5, 0.6) is 0 Å². The fraction of sp³-hybridized carbons (Fsp3) is 0.353. The van der Waals surface area contributed by atoms with Gasteiger partial charge in [0.15, 0.2) is 5.76 Å². The quantitative estimate of drug-likeness (QED) is 0.770. The van der Waals surface area contributed by atoms with E-state index in [1.807, 2.05) is 18.2 Å². The number of carbonyl (C=O) groups is 1. The predicted molar refractivity (Wildman–Crippen MR) is 91.2 cm³/mol. The van der Waals surface area contributed by atoms with Crippen molar-refractivity contribution in [2.24, 2.45) is 0 Å². The Labute approximate surface area is 145 Å². The van der Waals surface area contributed by atoms with Crippen molar-refractivity contribution in [3.8, 4) is 0 Å². The van der Waals surface area contributed by atoms with Gasteiger partial charge in [-0.1, -0.05) is 29.3 Å². The van der Waals surface area contributed by atoms with E-state index in [0.29, 0.717) is 22.4 Å². The molecule has 1 aliphatic rings.